The third kappa shape index (κ3) is 3.24. The predicted octanol–water partition coefficient (Wildman–Crippen LogP) is 3.43. The minimum Gasteiger partial charge on any atom is -0.494 e. The number of para-hydroxylation sites is 1. The molecule has 132 valence electrons. The van der Waals surface area contributed by atoms with Crippen molar-refractivity contribution in [1.82, 2.24) is 5.32 Å². The molecule has 2 aliphatic heterocycles. The lowest BCUT2D eigenvalue weighted by Gasteiger charge is -2.13. The summed E-state index contributed by atoms with van der Waals surface area (Å²) >= 11 is 0. The molecule has 0 radical (unpaired) electrons. The Morgan fingerprint density at radius 2 is 2.00 bits per heavy atom. The molecule has 0 bridgehead atoms. The van der Waals surface area contributed by atoms with Gasteiger partial charge in [-0.1, -0.05) is 12.1 Å². The first-order chi connectivity index (χ1) is 12.2. The molecule has 2 aromatic carbocycles. The van der Waals surface area contributed by atoms with Gasteiger partial charge in [0.05, 0.1) is 6.61 Å². The molecule has 0 aliphatic carbocycles. The van der Waals surface area contributed by atoms with E-state index in [1.807, 2.05) is 19.1 Å². The van der Waals surface area contributed by atoms with Gasteiger partial charge >= 0.3 is 0 Å². The van der Waals surface area contributed by atoms with Crippen LogP contribution < -0.4 is 24.3 Å². The highest BCUT2D eigenvalue weighted by molar-refractivity contribution is 5.50. The summed E-state index contributed by atoms with van der Waals surface area (Å²) < 4.78 is 22.7. The molecule has 1 N–H and O–H groups in total. The number of hydrogen-bond donors (Lipinski definition) is 1. The SMILES string of the molecule is CCOc1cc(CNCc2cccc3c2OCO3)c2c(c1)C[C@H](C)O2. The van der Waals surface area contributed by atoms with E-state index in [1.54, 1.807) is 0 Å². The van der Waals surface area contributed by atoms with Crippen LogP contribution in [0.3, 0.4) is 0 Å². The molecule has 0 saturated carbocycles. The molecule has 2 aliphatic rings. The fourth-order valence-corrected chi connectivity index (χ4v) is 3.42. The second kappa shape index (κ2) is 6.84. The second-order valence-corrected chi connectivity index (χ2v) is 6.39. The van der Waals surface area contributed by atoms with Gasteiger partial charge in [0, 0.05) is 36.2 Å². The molecule has 5 heteroatoms. The van der Waals surface area contributed by atoms with Crippen LogP contribution in [0.5, 0.6) is 23.0 Å². The zero-order valence-electron chi connectivity index (χ0n) is 14.6. The van der Waals surface area contributed by atoms with Crippen molar-refractivity contribution >= 4 is 0 Å². The Hall–Kier alpha value is -2.40. The highest BCUT2D eigenvalue weighted by Gasteiger charge is 2.23. The van der Waals surface area contributed by atoms with E-state index in [0.29, 0.717) is 26.5 Å². The fraction of sp³-hybridized carbons (Fsp3) is 0.400. The lowest BCUT2D eigenvalue weighted by atomic mass is 10.1. The minimum atomic E-state index is 0.216. The van der Waals surface area contributed by atoms with Gasteiger partial charge in [-0.2, -0.15) is 0 Å². The monoisotopic (exact) mass is 341 g/mol. The minimum absolute atomic E-state index is 0.216. The average Bonchev–Trinajstić information content (AvgIpc) is 3.21. The lowest BCUT2D eigenvalue weighted by Crippen LogP contribution is -2.14. The van der Waals surface area contributed by atoms with Gasteiger partial charge in [-0.15, -0.1) is 0 Å². The van der Waals surface area contributed by atoms with Crippen LogP contribution in [-0.2, 0) is 19.5 Å². The number of ether oxygens (including phenoxy) is 4. The first-order valence-corrected chi connectivity index (χ1v) is 8.78. The number of rotatable bonds is 6. The van der Waals surface area contributed by atoms with Crippen molar-refractivity contribution < 1.29 is 18.9 Å². The summed E-state index contributed by atoms with van der Waals surface area (Å²) in [7, 11) is 0. The molecular weight excluding hydrogens is 318 g/mol. The van der Waals surface area contributed by atoms with E-state index in [-0.39, 0.29) is 6.10 Å². The standard InChI is InChI=1S/C20H23NO4/c1-3-22-17-8-15-7-13(2)25-19(15)16(9-17)11-21-10-14-5-4-6-18-20(14)24-12-23-18/h4-6,8-9,13,21H,3,7,10-12H2,1-2H3/t13-/m0/s1. The topological polar surface area (TPSA) is 49.0 Å². The quantitative estimate of drug-likeness (QED) is 0.872. The van der Waals surface area contributed by atoms with Crippen molar-refractivity contribution in [3.05, 3.63) is 47.0 Å². The molecular formula is C20H23NO4. The van der Waals surface area contributed by atoms with E-state index in [4.69, 9.17) is 18.9 Å². The Morgan fingerprint density at radius 3 is 2.88 bits per heavy atom. The number of fused-ring (bicyclic) bond motifs is 2. The fourth-order valence-electron chi connectivity index (χ4n) is 3.42. The molecule has 2 aromatic rings. The van der Waals surface area contributed by atoms with Gasteiger partial charge in [0.2, 0.25) is 6.79 Å². The molecule has 2 heterocycles. The smallest absolute Gasteiger partial charge is 0.231 e. The van der Waals surface area contributed by atoms with E-state index in [2.05, 4.69) is 30.4 Å². The van der Waals surface area contributed by atoms with Crippen molar-refractivity contribution in [2.24, 2.45) is 0 Å². The zero-order valence-corrected chi connectivity index (χ0v) is 14.6. The van der Waals surface area contributed by atoms with Gasteiger partial charge in [0.25, 0.3) is 0 Å². The molecule has 25 heavy (non-hydrogen) atoms. The summed E-state index contributed by atoms with van der Waals surface area (Å²) in [5, 5.41) is 3.49. The van der Waals surface area contributed by atoms with Gasteiger partial charge in [-0.05, 0) is 32.0 Å². The molecule has 0 saturated heterocycles. The van der Waals surface area contributed by atoms with Crippen LogP contribution >= 0.6 is 0 Å². The number of hydrogen-bond acceptors (Lipinski definition) is 5. The predicted molar refractivity (Wildman–Crippen MR) is 94.5 cm³/mol. The molecule has 5 nitrogen and oxygen atoms in total. The Morgan fingerprint density at radius 1 is 1.12 bits per heavy atom. The third-order valence-corrected chi connectivity index (χ3v) is 4.46. The van der Waals surface area contributed by atoms with Crippen LogP contribution in [0.15, 0.2) is 30.3 Å². The molecule has 0 amide bonds. The summed E-state index contributed by atoms with van der Waals surface area (Å²) in [4.78, 5) is 0. The van der Waals surface area contributed by atoms with Crippen molar-refractivity contribution in [3.63, 3.8) is 0 Å². The van der Waals surface area contributed by atoms with Gasteiger partial charge < -0.3 is 24.3 Å². The van der Waals surface area contributed by atoms with E-state index in [9.17, 15) is 0 Å². The van der Waals surface area contributed by atoms with Gasteiger partial charge in [0.1, 0.15) is 17.6 Å². The van der Waals surface area contributed by atoms with Crippen molar-refractivity contribution in [1.29, 1.82) is 0 Å². The van der Waals surface area contributed by atoms with E-state index in [1.165, 1.54) is 5.56 Å². The molecule has 0 fully saturated rings. The van der Waals surface area contributed by atoms with E-state index in [0.717, 1.165) is 40.5 Å². The van der Waals surface area contributed by atoms with Gasteiger partial charge in [-0.25, -0.2) is 0 Å². The molecule has 0 aromatic heterocycles. The van der Waals surface area contributed by atoms with E-state index < -0.39 is 0 Å². The maximum Gasteiger partial charge on any atom is 0.231 e. The highest BCUT2D eigenvalue weighted by Crippen LogP contribution is 2.37. The summed E-state index contributed by atoms with van der Waals surface area (Å²) in [6.45, 7) is 6.47. The summed E-state index contributed by atoms with van der Waals surface area (Å²) in [6.07, 6.45) is 1.15. The van der Waals surface area contributed by atoms with Gasteiger partial charge in [0.15, 0.2) is 11.5 Å². The summed E-state index contributed by atoms with van der Waals surface area (Å²) in [6, 6.07) is 10.1. The third-order valence-electron chi connectivity index (χ3n) is 4.46. The Labute approximate surface area is 147 Å². The number of benzene rings is 2. The highest BCUT2D eigenvalue weighted by atomic mass is 16.7. The van der Waals surface area contributed by atoms with Crippen LogP contribution in [0.2, 0.25) is 0 Å². The normalized spacial score (nSPS) is 17.3. The Balaban J connectivity index is 1.49. The molecule has 4 rings (SSSR count). The van der Waals surface area contributed by atoms with Crippen LogP contribution in [0.25, 0.3) is 0 Å². The first kappa shape index (κ1) is 16.1. The molecule has 0 unspecified atom stereocenters. The summed E-state index contributed by atoms with van der Waals surface area (Å²) in [5.41, 5.74) is 3.46. The maximum absolute atomic E-state index is 6.01. The van der Waals surface area contributed by atoms with Crippen LogP contribution in [-0.4, -0.2) is 19.5 Å². The lowest BCUT2D eigenvalue weighted by molar-refractivity contribution is 0.173. The van der Waals surface area contributed by atoms with Gasteiger partial charge in [-0.3, -0.25) is 0 Å². The van der Waals surface area contributed by atoms with Crippen molar-refractivity contribution in [2.45, 2.75) is 39.5 Å². The summed E-state index contributed by atoms with van der Waals surface area (Å²) in [5.74, 6) is 3.57. The van der Waals surface area contributed by atoms with Crippen LogP contribution in [0.4, 0.5) is 0 Å². The largest absolute Gasteiger partial charge is 0.494 e. The zero-order chi connectivity index (χ0) is 17.2. The average molecular weight is 341 g/mol. The van der Waals surface area contributed by atoms with Crippen molar-refractivity contribution in [2.75, 3.05) is 13.4 Å². The second-order valence-electron chi connectivity index (χ2n) is 6.39. The molecule has 0 spiro atoms. The first-order valence-electron chi connectivity index (χ1n) is 8.78. The van der Waals surface area contributed by atoms with Crippen LogP contribution in [0.1, 0.15) is 30.5 Å². The van der Waals surface area contributed by atoms with Crippen LogP contribution in [0, 0.1) is 0 Å². The Kier molecular flexibility index (Phi) is 4.40. The molecule has 1 atom stereocenters. The number of nitrogens with one attached hydrogen (secondary N) is 1. The van der Waals surface area contributed by atoms with Crippen molar-refractivity contribution in [3.8, 4) is 23.0 Å². The van der Waals surface area contributed by atoms with E-state index >= 15 is 0 Å². The Bertz CT molecular complexity index is 775. The maximum atomic E-state index is 6.01.